The van der Waals surface area contributed by atoms with Crippen LogP contribution in [0.4, 0.5) is 0 Å². The first-order valence-electron chi connectivity index (χ1n) is 39.1. The van der Waals surface area contributed by atoms with E-state index < -0.39 is 86.8 Å². The minimum Gasteiger partial charge on any atom is -0.394 e. The topological polar surface area (TPSA) is 228 Å². The molecular formula is C84H141NO13. The number of ether oxygens (including phenoxy) is 4. The molecule has 0 spiro atoms. The molecule has 2 saturated heterocycles. The van der Waals surface area contributed by atoms with Gasteiger partial charge in [-0.3, -0.25) is 4.79 Å². The monoisotopic (exact) mass is 1370 g/mol. The number of hydrogen-bond acceptors (Lipinski definition) is 13. The Morgan fingerprint density at radius 3 is 1.08 bits per heavy atom. The van der Waals surface area contributed by atoms with Crippen LogP contribution in [0, 0.1) is 0 Å². The molecule has 0 aromatic carbocycles. The van der Waals surface area contributed by atoms with Crippen molar-refractivity contribution >= 4 is 5.91 Å². The van der Waals surface area contributed by atoms with E-state index >= 15 is 0 Å². The molecule has 560 valence electrons. The maximum absolute atomic E-state index is 13.4. The molecule has 2 aliphatic heterocycles. The third kappa shape index (κ3) is 48.7. The van der Waals surface area contributed by atoms with E-state index in [4.69, 9.17) is 18.9 Å². The third-order valence-corrected chi connectivity index (χ3v) is 18.0. The van der Waals surface area contributed by atoms with Gasteiger partial charge in [0.1, 0.15) is 48.8 Å². The molecule has 2 fully saturated rings. The van der Waals surface area contributed by atoms with E-state index in [1.54, 1.807) is 6.08 Å². The molecule has 0 aromatic heterocycles. The first-order chi connectivity index (χ1) is 48.1. The fourth-order valence-electron chi connectivity index (χ4n) is 11.9. The minimum absolute atomic E-state index is 0.232. The summed E-state index contributed by atoms with van der Waals surface area (Å²) >= 11 is 0. The van der Waals surface area contributed by atoms with Gasteiger partial charge in [-0.1, -0.05) is 320 Å². The van der Waals surface area contributed by atoms with Crippen LogP contribution in [-0.2, 0) is 23.7 Å². The summed E-state index contributed by atoms with van der Waals surface area (Å²) in [5.74, 6) is -0.274. The summed E-state index contributed by atoms with van der Waals surface area (Å²) in [6.45, 7) is 2.68. The highest BCUT2D eigenvalue weighted by atomic mass is 16.7. The number of aliphatic hydroxyl groups is 8. The molecule has 2 heterocycles. The van der Waals surface area contributed by atoms with E-state index in [0.29, 0.717) is 6.42 Å². The largest absolute Gasteiger partial charge is 0.394 e. The van der Waals surface area contributed by atoms with Crippen LogP contribution in [0.1, 0.15) is 284 Å². The first kappa shape index (κ1) is 90.0. The standard InChI is InChI=1S/C84H141NO13/c1-3-5-7-9-11-13-15-17-19-21-23-25-27-29-31-32-33-34-35-36-37-38-39-40-42-44-46-48-50-52-54-56-58-60-62-64-66-68-76(89)85-72(71-95-83-81(94)79(92)82(75(70-87)97-83)98-84-80(93)78(91)77(90)74(69-86)96-84)73(88)67-65-63-61-59-57-55-53-51-49-47-45-43-41-30-28-26-24-22-20-18-16-14-12-10-8-6-4-2/h5,7,11,13,17,19,23,25,29,31,33-34,36-37,39-40,44,46,50,52,56,58,65,67,72-75,77-84,86-88,90-94H,3-4,6,8-10,12,14-16,18,20-22,24,26-28,30,32,35,38,41-43,45,47-49,51,53-55,57,59-64,66,68-71H2,1-2H3,(H,85,89)/b7-5-,13-11-,19-17-,25-23-,31-29-,34-33-,37-36-,40-39-,46-44-,52-50-,58-56-,67-65+. The number of carbonyl (C=O) groups is 1. The molecule has 0 bridgehead atoms. The minimum atomic E-state index is -1.80. The van der Waals surface area contributed by atoms with Crippen molar-refractivity contribution in [1.82, 2.24) is 5.32 Å². The number of rotatable bonds is 63. The predicted molar refractivity (Wildman–Crippen MR) is 405 cm³/mol. The fourth-order valence-corrected chi connectivity index (χ4v) is 11.9. The van der Waals surface area contributed by atoms with Gasteiger partial charge in [0.2, 0.25) is 5.91 Å². The summed E-state index contributed by atoms with van der Waals surface area (Å²) in [6, 6.07) is -0.946. The summed E-state index contributed by atoms with van der Waals surface area (Å²) < 4.78 is 22.9. The van der Waals surface area contributed by atoms with Crippen LogP contribution in [0.2, 0.25) is 0 Å². The van der Waals surface area contributed by atoms with E-state index in [9.17, 15) is 45.6 Å². The highest BCUT2D eigenvalue weighted by molar-refractivity contribution is 5.76. The number of unbranched alkanes of at least 4 members (excludes halogenated alkanes) is 28. The van der Waals surface area contributed by atoms with Gasteiger partial charge in [0, 0.05) is 6.42 Å². The predicted octanol–water partition coefficient (Wildman–Crippen LogP) is 17.6. The van der Waals surface area contributed by atoms with Crippen molar-refractivity contribution in [2.45, 2.75) is 357 Å². The van der Waals surface area contributed by atoms with Gasteiger partial charge in [0.25, 0.3) is 0 Å². The van der Waals surface area contributed by atoms with Crippen molar-refractivity contribution in [1.29, 1.82) is 0 Å². The van der Waals surface area contributed by atoms with E-state index in [0.717, 1.165) is 109 Å². The Hall–Kier alpha value is -4.13. The summed E-state index contributed by atoms with van der Waals surface area (Å²) in [5, 5.41) is 87.6. The van der Waals surface area contributed by atoms with Crippen LogP contribution in [0.3, 0.4) is 0 Å². The Bertz CT molecular complexity index is 2210. The van der Waals surface area contributed by atoms with Gasteiger partial charge >= 0.3 is 0 Å². The molecule has 12 atom stereocenters. The van der Waals surface area contributed by atoms with Crippen LogP contribution in [0.25, 0.3) is 0 Å². The van der Waals surface area contributed by atoms with Crippen molar-refractivity contribution in [3.8, 4) is 0 Å². The van der Waals surface area contributed by atoms with Crippen LogP contribution in [-0.4, -0.2) is 140 Å². The van der Waals surface area contributed by atoms with Crippen LogP contribution < -0.4 is 5.32 Å². The van der Waals surface area contributed by atoms with Crippen LogP contribution in [0.15, 0.2) is 146 Å². The van der Waals surface area contributed by atoms with Gasteiger partial charge in [-0.15, -0.1) is 0 Å². The number of amides is 1. The highest BCUT2D eigenvalue weighted by Gasteiger charge is 2.51. The molecule has 1 amide bonds. The Labute approximate surface area is 595 Å². The molecule has 0 radical (unpaired) electrons. The summed E-state index contributed by atoms with van der Waals surface area (Å²) in [4.78, 5) is 13.4. The van der Waals surface area contributed by atoms with Gasteiger partial charge in [-0.05, 0) is 103 Å². The fraction of sp³-hybridized carbons (Fsp3) is 0.702. The van der Waals surface area contributed by atoms with E-state index in [1.807, 2.05) is 6.08 Å². The van der Waals surface area contributed by atoms with Gasteiger partial charge in [-0.2, -0.15) is 0 Å². The van der Waals surface area contributed by atoms with Gasteiger partial charge in [0.15, 0.2) is 12.6 Å². The Morgan fingerprint density at radius 1 is 0.378 bits per heavy atom. The van der Waals surface area contributed by atoms with Crippen molar-refractivity contribution in [3.05, 3.63) is 146 Å². The Morgan fingerprint density at radius 2 is 0.704 bits per heavy atom. The van der Waals surface area contributed by atoms with E-state index in [1.165, 1.54) is 148 Å². The molecule has 0 saturated carbocycles. The number of hydrogen-bond donors (Lipinski definition) is 9. The number of carbonyl (C=O) groups excluding carboxylic acids is 1. The zero-order chi connectivity index (χ0) is 70.8. The molecular weight excluding hydrogens is 1230 g/mol. The zero-order valence-corrected chi connectivity index (χ0v) is 61.2. The Balaban J connectivity index is 1.68. The van der Waals surface area contributed by atoms with Crippen LogP contribution in [0.5, 0.6) is 0 Å². The second-order valence-electron chi connectivity index (χ2n) is 26.8. The lowest BCUT2D eigenvalue weighted by molar-refractivity contribution is -0.359. The van der Waals surface area contributed by atoms with E-state index in [-0.39, 0.29) is 18.9 Å². The van der Waals surface area contributed by atoms with Crippen molar-refractivity contribution < 1.29 is 64.6 Å². The zero-order valence-electron chi connectivity index (χ0n) is 61.2. The highest BCUT2D eigenvalue weighted by Crippen LogP contribution is 2.30. The molecule has 98 heavy (non-hydrogen) atoms. The Kier molecular flexibility index (Phi) is 60.7. The molecule has 14 nitrogen and oxygen atoms in total. The van der Waals surface area contributed by atoms with Crippen molar-refractivity contribution in [3.63, 3.8) is 0 Å². The SMILES string of the molecule is CC/C=C\C/C=C\C/C=C\C/C=C\C/C=C\C/C=C\C/C=C\C/C=C\C/C=C\C/C=C\C/C=C\CCCCCC(=O)NC(COC1OC(CO)C(OC2OC(CO)C(O)C(O)C2O)C(O)C1O)C(O)/C=C/CCCCCCCCCCCCCCCCCCCCCCCCCCC. The molecule has 14 heteroatoms. The lowest BCUT2D eigenvalue weighted by atomic mass is 9.97. The lowest BCUT2D eigenvalue weighted by Gasteiger charge is -2.46. The second kappa shape index (κ2) is 66.1. The number of aliphatic hydroxyl groups excluding tert-OH is 8. The molecule has 0 aliphatic carbocycles. The first-order valence-corrected chi connectivity index (χ1v) is 39.1. The van der Waals surface area contributed by atoms with Gasteiger partial charge in [-0.25, -0.2) is 0 Å². The second-order valence-corrected chi connectivity index (χ2v) is 26.8. The molecule has 2 aliphatic rings. The van der Waals surface area contributed by atoms with Crippen molar-refractivity contribution in [2.75, 3.05) is 19.8 Å². The van der Waals surface area contributed by atoms with Gasteiger partial charge < -0.3 is 65.1 Å². The van der Waals surface area contributed by atoms with E-state index in [2.05, 4.69) is 153 Å². The maximum Gasteiger partial charge on any atom is 0.220 e. The van der Waals surface area contributed by atoms with Gasteiger partial charge in [0.05, 0.1) is 32.0 Å². The smallest absolute Gasteiger partial charge is 0.220 e. The summed E-state index contributed by atoms with van der Waals surface area (Å²) in [6.07, 6.45) is 83.4. The quantitative estimate of drug-likeness (QED) is 0.0204. The molecule has 12 unspecified atom stereocenters. The molecule has 9 N–H and O–H groups in total. The molecule has 2 rings (SSSR count). The summed E-state index contributed by atoms with van der Waals surface area (Å²) in [5.41, 5.74) is 0. The number of nitrogens with one attached hydrogen (secondary N) is 1. The third-order valence-electron chi connectivity index (χ3n) is 18.0. The lowest BCUT2D eigenvalue weighted by Crippen LogP contribution is -2.65. The van der Waals surface area contributed by atoms with Crippen LogP contribution >= 0.6 is 0 Å². The normalized spacial score (nSPS) is 22.9. The molecule has 0 aromatic rings. The maximum atomic E-state index is 13.4. The summed E-state index contributed by atoms with van der Waals surface area (Å²) in [7, 11) is 0. The average Bonchev–Trinajstić information content (AvgIpc) is 0.793. The van der Waals surface area contributed by atoms with Crippen molar-refractivity contribution in [2.24, 2.45) is 0 Å². The average molecular weight is 1370 g/mol. The number of allylic oxidation sites excluding steroid dienone is 23.